The molecule has 0 amide bonds. The molecule has 0 aliphatic rings. The highest BCUT2D eigenvalue weighted by molar-refractivity contribution is 6.18. The Morgan fingerprint density at radius 3 is 1.54 bits per heavy atom. The fourth-order valence-corrected chi connectivity index (χ4v) is 7.88. The average Bonchev–Trinajstić information content (AvgIpc) is 3.57. The molecular weight excluding hydrogens is 629 g/mol. The molecular formula is C50H34N2. The second kappa shape index (κ2) is 12.5. The van der Waals surface area contributed by atoms with E-state index in [0.29, 0.717) is 0 Å². The van der Waals surface area contributed by atoms with Gasteiger partial charge in [-0.2, -0.15) is 0 Å². The van der Waals surface area contributed by atoms with Gasteiger partial charge in [-0.15, -0.1) is 0 Å². The average molecular weight is 663 g/mol. The van der Waals surface area contributed by atoms with Crippen LogP contribution in [0.4, 0.5) is 17.1 Å². The van der Waals surface area contributed by atoms with Crippen molar-refractivity contribution in [3.63, 3.8) is 0 Å². The molecule has 2 heteroatoms. The minimum absolute atomic E-state index is 1.11. The number of rotatable bonds is 6. The number of anilines is 3. The standard InChI is InChI=1S/C50H34N2/c1-3-12-35(13-4-1)37-22-27-41(28-23-37)51(42-29-24-38(25-30-42)36-14-5-2-6-15-36)48-21-11-17-40-34-43(31-33-44(40)48)52-49-20-10-9-19-46(49)47-32-26-39-16-7-8-18-45(39)50(47)52/h1-34H. The van der Waals surface area contributed by atoms with E-state index in [1.165, 1.54) is 65.6 Å². The maximum Gasteiger partial charge on any atom is 0.0619 e. The van der Waals surface area contributed by atoms with Crippen LogP contribution in [-0.4, -0.2) is 4.57 Å². The summed E-state index contributed by atoms with van der Waals surface area (Å²) in [6.07, 6.45) is 0. The van der Waals surface area contributed by atoms with Crippen LogP contribution in [0.1, 0.15) is 0 Å². The fraction of sp³-hybridized carbons (Fsp3) is 0. The quantitative estimate of drug-likeness (QED) is 0.172. The molecule has 52 heavy (non-hydrogen) atoms. The number of aromatic nitrogens is 1. The maximum absolute atomic E-state index is 2.45. The van der Waals surface area contributed by atoms with E-state index in [0.717, 1.165) is 22.7 Å². The van der Waals surface area contributed by atoms with Crippen molar-refractivity contribution in [2.24, 2.45) is 0 Å². The van der Waals surface area contributed by atoms with Gasteiger partial charge in [-0.3, -0.25) is 0 Å². The predicted molar refractivity (Wildman–Crippen MR) is 221 cm³/mol. The van der Waals surface area contributed by atoms with Gasteiger partial charge in [-0.1, -0.05) is 158 Å². The molecule has 0 spiro atoms. The Kier molecular flexibility index (Phi) is 7.18. The van der Waals surface area contributed by atoms with Gasteiger partial charge in [-0.05, 0) is 81.6 Å². The van der Waals surface area contributed by atoms with E-state index < -0.39 is 0 Å². The number of benzene rings is 9. The first kappa shape index (κ1) is 30.0. The molecule has 0 bridgehead atoms. The van der Waals surface area contributed by atoms with Gasteiger partial charge >= 0.3 is 0 Å². The highest BCUT2D eigenvalue weighted by atomic mass is 15.1. The van der Waals surface area contributed by atoms with E-state index in [1.54, 1.807) is 0 Å². The van der Waals surface area contributed by atoms with E-state index >= 15 is 0 Å². The van der Waals surface area contributed by atoms with Gasteiger partial charge in [0.25, 0.3) is 0 Å². The summed E-state index contributed by atoms with van der Waals surface area (Å²) in [6, 6.07) is 74.6. The van der Waals surface area contributed by atoms with E-state index in [2.05, 4.69) is 216 Å². The minimum atomic E-state index is 1.11. The molecule has 2 nitrogen and oxygen atoms in total. The molecule has 10 rings (SSSR count). The van der Waals surface area contributed by atoms with Crippen LogP contribution in [0.5, 0.6) is 0 Å². The maximum atomic E-state index is 2.45. The Bertz CT molecular complexity index is 2790. The summed E-state index contributed by atoms with van der Waals surface area (Å²) in [7, 11) is 0. The molecule has 0 fully saturated rings. The monoisotopic (exact) mass is 662 g/mol. The van der Waals surface area contributed by atoms with Gasteiger partial charge in [0.2, 0.25) is 0 Å². The lowest BCUT2D eigenvalue weighted by atomic mass is 10.0. The van der Waals surface area contributed by atoms with Gasteiger partial charge in [0.1, 0.15) is 0 Å². The van der Waals surface area contributed by atoms with E-state index in [9.17, 15) is 0 Å². The predicted octanol–water partition coefficient (Wildman–Crippen LogP) is 13.9. The summed E-state index contributed by atoms with van der Waals surface area (Å²) in [5, 5.41) is 7.42. The molecule has 0 aliphatic carbocycles. The largest absolute Gasteiger partial charge is 0.310 e. The van der Waals surface area contributed by atoms with Crippen molar-refractivity contribution in [2.75, 3.05) is 4.90 Å². The molecule has 10 aromatic rings. The van der Waals surface area contributed by atoms with Crippen molar-refractivity contribution in [3.05, 3.63) is 206 Å². The second-order valence-electron chi connectivity index (χ2n) is 13.4. The molecule has 0 saturated carbocycles. The lowest BCUT2D eigenvalue weighted by Crippen LogP contribution is -2.10. The molecule has 0 unspecified atom stereocenters. The molecule has 0 aliphatic heterocycles. The van der Waals surface area contributed by atoms with Gasteiger partial charge in [0.15, 0.2) is 0 Å². The van der Waals surface area contributed by atoms with Crippen LogP contribution in [0.2, 0.25) is 0 Å². The lowest BCUT2D eigenvalue weighted by Gasteiger charge is -2.27. The summed E-state index contributed by atoms with van der Waals surface area (Å²) in [5.41, 5.74) is 11.8. The van der Waals surface area contributed by atoms with Crippen LogP contribution < -0.4 is 4.90 Å². The number of hydrogen-bond donors (Lipinski definition) is 0. The number of nitrogens with zero attached hydrogens (tertiary/aromatic N) is 2. The Morgan fingerprint density at radius 1 is 0.327 bits per heavy atom. The molecule has 0 atom stereocenters. The Labute approximate surface area is 303 Å². The Morgan fingerprint density at radius 2 is 0.865 bits per heavy atom. The number of hydrogen-bond acceptors (Lipinski definition) is 1. The molecule has 0 radical (unpaired) electrons. The third-order valence-corrected chi connectivity index (χ3v) is 10.4. The second-order valence-corrected chi connectivity index (χ2v) is 13.4. The lowest BCUT2D eigenvalue weighted by molar-refractivity contribution is 1.19. The van der Waals surface area contributed by atoms with Gasteiger partial charge in [0, 0.05) is 38.6 Å². The summed E-state index contributed by atoms with van der Waals surface area (Å²) in [6.45, 7) is 0. The third kappa shape index (κ3) is 5.04. The molecule has 1 heterocycles. The van der Waals surface area contributed by atoms with E-state index in [-0.39, 0.29) is 0 Å². The smallest absolute Gasteiger partial charge is 0.0619 e. The van der Waals surface area contributed by atoms with Crippen molar-refractivity contribution in [2.45, 2.75) is 0 Å². The van der Waals surface area contributed by atoms with E-state index in [4.69, 9.17) is 0 Å². The topological polar surface area (TPSA) is 8.17 Å². The minimum Gasteiger partial charge on any atom is -0.310 e. The summed E-state index contributed by atoms with van der Waals surface area (Å²) < 4.78 is 2.45. The SMILES string of the molecule is c1ccc(-c2ccc(N(c3ccc(-c4ccccc4)cc3)c3cccc4cc(-n5c6ccccc6c6ccc7ccccc7c65)ccc34)cc2)cc1. The Hall–Kier alpha value is -6.90. The first-order valence-electron chi connectivity index (χ1n) is 17.9. The molecule has 1 aromatic heterocycles. The van der Waals surface area contributed by atoms with E-state index in [1.807, 2.05) is 0 Å². The van der Waals surface area contributed by atoms with Crippen molar-refractivity contribution < 1.29 is 0 Å². The van der Waals surface area contributed by atoms with Crippen molar-refractivity contribution in [3.8, 4) is 27.9 Å². The first-order valence-corrected chi connectivity index (χ1v) is 17.9. The molecule has 0 saturated heterocycles. The Balaban J connectivity index is 1.14. The number of para-hydroxylation sites is 1. The van der Waals surface area contributed by atoms with Crippen molar-refractivity contribution in [1.29, 1.82) is 0 Å². The molecule has 9 aromatic carbocycles. The van der Waals surface area contributed by atoms with Crippen molar-refractivity contribution >= 4 is 60.4 Å². The van der Waals surface area contributed by atoms with Crippen LogP contribution in [0.15, 0.2) is 206 Å². The third-order valence-electron chi connectivity index (χ3n) is 10.4. The van der Waals surface area contributed by atoms with Crippen LogP contribution >= 0.6 is 0 Å². The van der Waals surface area contributed by atoms with Gasteiger partial charge in [0.05, 0.1) is 16.7 Å². The van der Waals surface area contributed by atoms with Crippen LogP contribution in [0, 0.1) is 0 Å². The van der Waals surface area contributed by atoms with Crippen LogP contribution in [0.3, 0.4) is 0 Å². The first-order chi connectivity index (χ1) is 25.8. The fourth-order valence-electron chi connectivity index (χ4n) is 7.88. The normalized spacial score (nSPS) is 11.5. The highest BCUT2D eigenvalue weighted by Gasteiger charge is 2.18. The van der Waals surface area contributed by atoms with Crippen LogP contribution in [-0.2, 0) is 0 Å². The van der Waals surface area contributed by atoms with Crippen molar-refractivity contribution in [1.82, 2.24) is 4.57 Å². The summed E-state index contributed by atoms with van der Waals surface area (Å²) >= 11 is 0. The summed E-state index contributed by atoms with van der Waals surface area (Å²) in [4.78, 5) is 2.39. The van der Waals surface area contributed by atoms with Gasteiger partial charge in [-0.25, -0.2) is 0 Å². The van der Waals surface area contributed by atoms with Gasteiger partial charge < -0.3 is 9.47 Å². The summed E-state index contributed by atoms with van der Waals surface area (Å²) in [5.74, 6) is 0. The number of fused-ring (bicyclic) bond motifs is 6. The van der Waals surface area contributed by atoms with Crippen LogP contribution in [0.25, 0.3) is 71.3 Å². The zero-order chi connectivity index (χ0) is 34.4. The zero-order valence-electron chi connectivity index (χ0n) is 28.5. The molecule has 0 N–H and O–H groups in total. The zero-order valence-corrected chi connectivity index (χ0v) is 28.5. The molecule has 244 valence electrons. The highest BCUT2D eigenvalue weighted by Crippen LogP contribution is 2.42.